The number of anilines is 1. The zero-order valence-corrected chi connectivity index (χ0v) is 23.4. The van der Waals surface area contributed by atoms with E-state index in [-0.39, 0.29) is 23.6 Å². The van der Waals surface area contributed by atoms with Gasteiger partial charge in [0, 0.05) is 29.4 Å². The Bertz CT molecular complexity index is 1160. The van der Waals surface area contributed by atoms with Crippen LogP contribution in [0.3, 0.4) is 0 Å². The topological polar surface area (TPSA) is 99.5 Å². The molecule has 1 saturated heterocycles. The molecular weight excluding hydrogens is 525 g/mol. The number of carbonyl (C=O) groups is 1. The van der Waals surface area contributed by atoms with E-state index >= 15 is 0 Å². The first-order chi connectivity index (χ1) is 17.4. The minimum absolute atomic E-state index is 0.00884. The van der Waals surface area contributed by atoms with Gasteiger partial charge in [0.05, 0.1) is 30.4 Å². The first kappa shape index (κ1) is 30.1. The lowest BCUT2D eigenvalue weighted by Crippen LogP contribution is -2.52. The highest BCUT2D eigenvalue weighted by Crippen LogP contribution is 2.34. The molecule has 1 aliphatic rings. The summed E-state index contributed by atoms with van der Waals surface area (Å²) in [5.41, 5.74) is 2.24. The molecule has 1 aliphatic heterocycles. The van der Waals surface area contributed by atoms with Crippen molar-refractivity contribution in [1.29, 1.82) is 0 Å². The van der Waals surface area contributed by atoms with Crippen molar-refractivity contribution in [2.24, 2.45) is 0 Å². The summed E-state index contributed by atoms with van der Waals surface area (Å²) in [5.74, 6) is -0.919. The van der Waals surface area contributed by atoms with Crippen molar-refractivity contribution in [2.75, 3.05) is 19.0 Å². The summed E-state index contributed by atoms with van der Waals surface area (Å²) >= 11 is 5.74. The van der Waals surface area contributed by atoms with E-state index in [1.807, 2.05) is 45.3 Å². The highest BCUT2D eigenvalue weighted by Gasteiger charge is 2.37. The van der Waals surface area contributed by atoms with Gasteiger partial charge < -0.3 is 10.4 Å². The number of nitrogens with zero attached hydrogens (tertiary/aromatic N) is 3. The number of hydrogen-bond acceptors (Lipinski definition) is 5. The number of halogens is 2. The van der Waals surface area contributed by atoms with E-state index < -0.39 is 23.0 Å². The van der Waals surface area contributed by atoms with Crippen molar-refractivity contribution < 1.29 is 18.5 Å². The van der Waals surface area contributed by atoms with Crippen LogP contribution in [-0.4, -0.2) is 49.0 Å². The van der Waals surface area contributed by atoms with E-state index in [0.29, 0.717) is 18.7 Å². The number of carbonyl (C=O) groups excluding carboxylic acids is 1. The molecule has 0 spiro atoms. The van der Waals surface area contributed by atoms with E-state index in [1.54, 1.807) is 17.9 Å². The molecule has 8 nitrogen and oxygen atoms in total. The van der Waals surface area contributed by atoms with Gasteiger partial charge in [-0.25, -0.2) is 17.6 Å². The molecule has 12 heteroatoms. The molecule has 1 amide bonds. The Kier molecular flexibility index (Phi) is 12.2. The molecule has 1 aromatic carbocycles. The zero-order chi connectivity index (χ0) is 26.8. The molecule has 3 aromatic rings. The van der Waals surface area contributed by atoms with Gasteiger partial charge in [-0.3, -0.25) is 9.48 Å². The molecule has 3 N–H and O–H groups in total. The van der Waals surface area contributed by atoms with Crippen LogP contribution < -0.4 is 10.0 Å². The Morgan fingerprint density at radius 2 is 2.03 bits per heavy atom. The number of hydrogen-bond donors (Lipinski definition) is 3. The Morgan fingerprint density at radius 1 is 1.31 bits per heavy atom. The maximum atomic E-state index is 13.4. The first-order valence-electron chi connectivity index (χ1n) is 11.7. The molecule has 3 unspecified atom stereocenters. The van der Waals surface area contributed by atoms with Gasteiger partial charge in [-0.15, -0.1) is 11.3 Å². The first-order valence-corrected chi connectivity index (χ1v) is 14.1. The van der Waals surface area contributed by atoms with Gasteiger partial charge in [0.25, 0.3) is 0 Å². The van der Waals surface area contributed by atoms with Crippen molar-refractivity contribution in [3.8, 4) is 11.1 Å². The summed E-state index contributed by atoms with van der Waals surface area (Å²) in [5, 5.41) is 17.9. The zero-order valence-electron chi connectivity index (χ0n) is 21.0. The fourth-order valence-electron chi connectivity index (χ4n) is 3.41. The number of likely N-dealkylation sites (N-methyl/N-ethyl adjacent to an activating group) is 1. The molecule has 198 valence electrons. The average molecular weight is 558 g/mol. The maximum absolute atomic E-state index is 13.4. The standard InChI is InChI=1S/C20H21ClFN5O3S2.2C2H6/c1-26-18(20(29)24-14-2-3-16(22)15(21)7-14)8-17(25-32(26)30)19-6-12(11-31-19)13-9-23-27(10-13)4-5-28;2*1-2/h2-3,6-7,9-11,17-18,25,28H,4-5,8H2,1H3,(H,24,29);2*1-2H3. The molecule has 1 fully saturated rings. The summed E-state index contributed by atoms with van der Waals surface area (Å²) < 4.78 is 32.2. The molecule has 3 atom stereocenters. The van der Waals surface area contributed by atoms with E-state index in [2.05, 4.69) is 15.1 Å². The van der Waals surface area contributed by atoms with Gasteiger partial charge in [0.15, 0.2) is 11.2 Å². The molecule has 0 saturated carbocycles. The van der Waals surface area contributed by atoms with Crippen LogP contribution in [0.5, 0.6) is 0 Å². The number of thiophene rings is 1. The van der Waals surface area contributed by atoms with Gasteiger partial charge in [-0.2, -0.15) is 5.10 Å². The lowest BCUT2D eigenvalue weighted by molar-refractivity contribution is -0.120. The summed E-state index contributed by atoms with van der Waals surface area (Å²) in [7, 11) is 1.61. The Hall–Kier alpha value is -2.15. The molecule has 0 radical (unpaired) electrons. The summed E-state index contributed by atoms with van der Waals surface area (Å²) in [6.45, 7) is 8.43. The fraction of sp³-hybridized carbons (Fsp3) is 0.417. The minimum Gasteiger partial charge on any atom is -0.394 e. The van der Waals surface area contributed by atoms with Gasteiger partial charge in [-0.1, -0.05) is 39.3 Å². The van der Waals surface area contributed by atoms with Crippen LogP contribution in [0.2, 0.25) is 5.02 Å². The van der Waals surface area contributed by atoms with Crippen molar-refractivity contribution in [3.63, 3.8) is 0 Å². The number of aromatic nitrogens is 2. The number of benzene rings is 1. The van der Waals surface area contributed by atoms with Crippen LogP contribution >= 0.6 is 22.9 Å². The molecule has 4 rings (SSSR count). The maximum Gasteiger partial charge on any atom is 0.242 e. The van der Waals surface area contributed by atoms with Crippen LogP contribution in [0.4, 0.5) is 10.1 Å². The van der Waals surface area contributed by atoms with Crippen molar-refractivity contribution >= 4 is 45.7 Å². The number of nitrogens with one attached hydrogen (secondary N) is 2. The van der Waals surface area contributed by atoms with E-state index in [4.69, 9.17) is 16.7 Å². The number of aliphatic hydroxyl groups is 1. The predicted octanol–water partition coefficient (Wildman–Crippen LogP) is 5.00. The van der Waals surface area contributed by atoms with Crippen molar-refractivity contribution in [1.82, 2.24) is 18.8 Å². The Morgan fingerprint density at radius 3 is 2.69 bits per heavy atom. The fourth-order valence-corrected chi connectivity index (χ4v) is 5.69. The average Bonchev–Trinajstić information content (AvgIpc) is 3.56. The normalized spacial score (nSPS) is 19.5. The van der Waals surface area contributed by atoms with Crippen LogP contribution in [0.1, 0.15) is 45.0 Å². The number of rotatable bonds is 6. The number of amides is 1. The molecule has 36 heavy (non-hydrogen) atoms. The highest BCUT2D eigenvalue weighted by atomic mass is 35.5. The van der Waals surface area contributed by atoms with Gasteiger partial charge in [-0.05, 0) is 41.6 Å². The van der Waals surface area contributed by atoms with Crippen LogP contribution in [0, 0.1) is 5.82 Å². The third kappa shape index (κ3) is 7.44. The highest BCUT2D eigenvalue weighted by molar-refractivity contribution is 7.80. The quantitative estimate of drug-likeness (QED) is 0.397. The third-order valence-corrected chi connectivity index (χ3v) is 7.75. The lowest BCUT2D eigenvalue weighted by atomic mass is 10.0. The second-order valence-electron chi connectivity index (χ2n) is 7.29. The predicted molar refractivity (Wildman–Crippen MR) is 146 cm³/mol. The molecule has 3 heterocycles. The summed E-state index contributed by atoms with van der Waals surface area (Å²) in [4.78, 5) is 13.9. The van der Waals surface area contributed by atoms with Crippen molar-refractivity contribution in [2.45, 2.75) is 52.7 Å². The molecule has 0 aliphatic carbocycles. The van der Waals surface area contributed by atoms with Crippen LogP contribution in [0.15, 0.2) is 42.0 Å². The summed E-state index contributed by atoms with van der Waals surface area (Å²) in [6, 6.07) is 4.99. The smallest absolute Gasteiger partial charge is 0.242 e. The van der Waals surface area contributed by atoms with E-state index in [0.717, 1.165) is 16.0 Å². The Labute approximate surface area is 223 Å². The molecule has 0 bridgehead atoms. The van der Waals surface area contributed by atoms with Crippen LogP contribution in [-0.2, 0) is 22.5 Å². The van der Waals surface area contributed by atoms with Gasteiger partial charge in [0.2, 0.25) is 5.91 Å². The monoisotopic (exact) mass is 557 g/mol. The number of aliphatic hydroxyl groups excluding tert-OH is 1. The van der Waals surface area contributed by atoms with Crippen molar-refractivity contribution in [3.05, 3.63) is 57.8 Å². The third-order valence-electron chi connectivity index (χ3n) is 5.15. The lowest BCUT2D eigenvalue weighted by Gasteiger charge is -2.35. The van der Waals surface area contributed by atoms with Gasteiger partial charge >= 0.3 is 0 Å². The minimum atomic E-state index is -1.57. The second kappa shape index (κ2) is 14.6. The summed E-state index contributed by atoms with van der Waals surface area (Å²) in [6.07, 6.45) is 3.98. The molecular formula is C24H33ClFN5O3S2. The van der Waals surface area contributed by atoms with Gasteiger partial charge in [0.1, 0.15) is 11.9 Å². The van der Waals surface area contributed by atoms with Crippen LogP contribution in [0.25, 0.3) is 11.1 Å². The largest absolute Gasteiger partial charge is 0.394 e. The second-order valence-corrected chi connectivity index (χ2v) is 9.95. The van der Waals surface area contributed by atoms with E-state index in [9.17, 15) is 13.4 Å². The van der Waals surface area contributed by atoms with E-state index in [1.165, 1.54) is 33.8 Å². The SMILES string of the molecule is CC.CC.CN1C(C(=O)Nc2ccc(F)c(Cl)c2)CC(c2cc(-c3cnn(CCO)c3)cs2)NS1=O. The Balaban J connectivity index is 0.00000109. The molecule has 2 aromatic heterocycles.